The van der Waals surface area contributed by atoms with Gasteiger partial charge in [-0.05, 0) is 39.2 Å². The average Bonchev–Trinajstić information content (AvgIpc) is 2.93. The number of amides is 1. The fraction of sp³-hybridized carbons (Fsp3) is 0.533. The number of Topliss-reactive ketones (excluding diaryl/α,β-unsaturated/α-hetero) is 1. The van der Waals surface area contributed by atoms with Gasteiger partial charge in [0.15, 0.2) is 5.78 Å². The summed E-state index contributed by atoms with van der Waals surface area (Å²) in [7, 11) is 0. The second kappa shape index (κ2) is 5.71. The maximum absolute atomic E-state index is 12.3. The molecule has 1 heterocycles. The third-order valence-electron chi connectivity index (χ3n) is 4.17. The highest BCUT2D eigenvalue weighted by molar-refractivity contribution is 6.02. The van der Waals surface area contributed by atoms with E-state index in [2.05, 4.69) is 10.3 Å². The fourth-order valence-electron chi connectivity index (χ4n) is 3.17. The standard InChI is InChI=1S/C15H20N2O4/c1-7-12(9(3)18)8(2)16-13(7)14(19)17-11-6-4-5-10(11)15(20)21/h10-11,16H,4-6H2,1-3H3,(H,17,19)(H,20,21). The summed E-state index contributed by atoms with van der Waals surface area (Å²) in [5.41, 5.74) is 2.14. The molecule has 114 valence electrons. The molecule has 1 aliphatic rings. The van der Waals surface area contributed by atoms with E-state index in [1.807, 2.05) is 0 Å². The van der Waals surface area contributed by atoms with Gasteiger partial charge < -0.3 is 15.4 Å². The number of carboxylic acid groups (broad SMARTS) is 1. The van der Waals surface area contributed by atoms with Crippen LogP contribution in [0, 0.1) is 19.8 Å². The number of aromatic amines is 1. The lowest BCUT2D eigenvalue weighted by atomic mass is 10.0. The van der Waals surface area contributed by atoms with Crippen LogP contribution in [0.5, 0.6) is 0 Å². The number of aryl methyl sites for hydroxylation is 1. The zero-order valence-corrected chi connectivity index (χ0v) is 12.4. The number of rotatable bonds is 4. The van der Waals surface area contributed by atoms with Gasteiger partial charge in [0.2, 0.25) is 0 Å². The second-order valence-corrected chi connectivity index (χ2v) is 5.64. The molecule has 0 radical (unpaired) electrons. The largest absolute Gasteiger partial charge is 0.481 e. The summed E-state index contributed by atoms with van der Waals surface area (Å²) < 4.78 is 0. The first-order chi connectivity index (χ1) is 9.82. The van der Waals surface area contributed by atoms with E-state index >= 15 is 0 Å². The summed E-state index contributed by atoms with van der Waals surface area (Å²) in [6.45, 7) is 4.93. The van der Waals surface area contributed by atoms with Crippen LogP contribution in [0.25, 0.3) is 0 Å². The van der Waals surface area contributed by atoms with Crippen LogP contribution in [0.3, 0.4) is 0 Å². The highest BCUT2D eigenvalue weighted by Gasteiger charge is 2.34. The van der Waals surface area contributed by atoms with E-state index in [4.69, 9.17) is 5.11 Å². The Morgan fingerprint density at radius 2 is 1.90 bits per heavy atom. The van der Waals surface area contributed by atoms with Gasteiger partial charge in [-0.25, -0.2) is 0 Å². The number of carbonyl (C=O) groups excluding carboxylic acids is 2. The molecular formula is C15H20N2O4. The summed E-state index contributed by atoms with van der Waals surface area (Å²) >= 11 is 0. The number of hydrogen-bond acceptors (Lipinski definition) is 3. The van der Waals surface area contributed by atoms with Gasteiger partial charge in [0.25, 0.3) is 5.91 Å². The normalized spacial score (nSPS) is 21.3. The molecule has 1 aromatic rings. The molecule has 1 aliphatic carbocycles. The van der Waals surface area contributed by atoms with Gasteiger partial charge in [0.05, 0.1) is 5.92 Å². The monoisotopic (exact) mass is 292 g/mol. The zero-order valence-electron chi connectivity index (χ0n) is 12.4. The van der Waals surface area contributed by atoms with Crippen LogP contribution in [0.2, 0.25) is 0 Å². The van der Waals surface area contributed by atoms with Crippen LogP contribution in [-0.4, -0.2) is 33.8 Å². The van der Waals surface area contributed by atoms with Gasteiger partial charge in [-0.3, -0.25) is 14.4 Å². The maximum atomic E-state index is 12.3. The number of ketones is 1. The van der Waals surface area contributed by atoms with Crippen LogP contribution in [0.1, 0.15) is 58.3 Å². The lowest BCUT2D eigenvalue weighted by Gasteiger charge is -2.17. The number of H-pyrrole nitrogens is 1. The Balaban J connectivity index is 2.20. The number of hydrogen-bond donors (Lipinski definition) is 3. The van der Waals surface area contributed by atoms with Crippen LogP contribution in [0.15, 0.2) is 0 Å². The molecule has 1 amide bonds. The summed E-state index contributed by atoms with van der Waals surface area (Å²) in [5.74, 6) is -1.84. The van der Waals surface area contributed by atoms with Crippen molar-refractivity contribution in [2.24, 2.45) is 5.92 Å². The fourth-order valence-corrected chi connectivity index (χ4v) is 3.17. The molecule has 0 spiro atoms. The molecular weight excluding hydrogens is 272 g/mol. The number of aromatic nitrogens is 1. The van der Waals surface area contributed by atoms with E-state index < -0.39 is 11.9 Å². The van der Waals surface area contributed by atoms with Crippen molar-refractivity contribution in [2.45, 2.75) is 46.1 Å². The van der Waals surface area contributed by atoms with Gasteiger partial charge in [-0.2, -0.15) is 0 Å². The van der Waals surface area contributed by atoms with Gasteiger partial charge in [0, 0.05) is 17.3 Å². The van der Waals surface area contributed by atoms with Crippen LogP contribution in [-0.2, 0) is 4.79 Å². The summed E-state index contributed by atoms with van der Waals surface area (Å²) in [6, 6.07) is -0.348. The molecule has 3 N–H and O–H groups in total. The molecule has 0 bridgehead atoms. The Morgan fingerprint density at radius 3 is 2.43 bits per heavy atom. The molecule has 1 aromatic heterocycles. The van der Waals surface area contributed by atoms with E-state index in [1.165, 1.54) is 6.92 Å². The topological polar surface area (TPSA) is 99.3 Å². The second-order valence-electron chi connectivity index (χ2n) is 5.64. The molecule has 2 unspecified atom stereocenters. The number of nitrogens with one attached hydrogen (secondary N) is 2. The van der Waals surface area contributed by atoms with Gasteiger partial charge in [-0.1, -0.05) is 6.42 Å². The highest BCUT2D eigenvalue weighted by Crippen LogP contribution is 2.26. The SMILES string of the molecule is CC(=O)c1c(C)[nH]c(C(=O)NC2CCCC2C(=O)O)c1C. The zero-order chi connectivity index (χ0) is 15.7. The molecule has 1 saturated carbocycles. The van der Waals surface area contributed by atoms with Crippen LogP contribution in [0.4, 0.5) is 0 Å². The van der Waals surface area contributed by atoms with E-state index in [0.29, 0.717) is 35.4 Å². The van der Waals surface area contributed by atoms with Crippen molar-refractivity contribution < 1.29 is 19.5 Å². The Morgan fingerprint density at radius 1 is 1.24 bits per heavy atom. The third-order valence-corrected chi connectivity index (χ3v) is 4.17. The van der Waals surface area contributed by atoms with Crippen molar-refractivity contribution in [1.82, 2.24) is 10.3 Å². The van der Waals surface area contributed by atoms with E-state index in [0.717, 1.165) is 6.42 Å². The van der Waals surface area contributed by atoms with Crippen LogP contribution >= 0.6 is 0 Å². The Hall–Kier alpha value is -2.11. The predicted molar refractivity (Wildman–Crippen MR) is 76.5 cm³/mol. The lowest BCUT2D eigenvalue weighted by molar-refractivity contribution is -0.142. The molecule has 2 rings (SSSR count). The predicted octanol–water partition coefficient (Wildman–Crippen LogP) is 1.82. The molecule has 21 heavy (non-hydrogen) atoms. The molecule has 0 saturated heterocycles. The molecule has 6 nitrogen and oxygen atoms in total. The summed E-state index contributed by atoms with van der Waals surface area (Å²) in [6.07, 6.45) is 2.05. The number of carbonyl (C=O) groups is 3. The van der Waals surface area contributed by atoms with Crippen LogP contribution < -0.4 is 5.32 Å². The van der Waals surface area contributed by atoms with Crippen molar-refractivity contribution in [3.8, 4) is 0 Å². The maximum Gasteiger partial charge on any atom is 0.308 e. The van der Waals surface area contributed by atoms with E-state index in [-0.39, 0.29) is 17.7 Å². The van der Waals surface area contributed by atoms with E-state index in [9.17, 15) is 14.4 Å². The minimum absolute atomic E-state index is 0.0930. The molecule has 0 aromatic carbocycles. The van der Waals surface area contributed by atoms with Gasteiger partial charge >= 0.3 is 5.97 Å². The Kier molecular flexibility index (Phi) is 4.16. The van der Waals surface area contributed by atoms with E-state index in [1.54, 1.807) is 13.8 Å². The molecule has 1 fully saturated rings. The van der Waals surface area contributed by atoms with Gasteiger partial charge in [0.1, 0.15) is 5.69 Å². The minimum atomic E-state index is -0.874. The van der Waals surface area contributed by atoms with Crippen molar-refractivity contribution in [1.29, 1.82) is 0 Å². The molecule has 6 heteroatoms. The number of aliphatic carboxylic acids is 1. The van der Waals surface area contributed by atoms with Crippen molar-refractivity contribution in [3.05, 3.63) is 22.5 Å². The molecule has 2 atom stereocenters. The summed E-state index contributed by atoms with van der Waals surface area (Å²) in [5, 5.41) is 11.9. The molecule has 0 aliphatic heterocycles. The first-order valence-corrected chi connectivity index (χ1v) is 7.06. The first-order valence-electron chi connectivity index (χ1n) is 7.06. The number of carboxylic acids is 1. The van der Waals surface area contributed by atoms with Gasteiger partial charge in [-0.15, -0.1) is 0 Å². The summed E-state index contributed by atoms with van der Waals surface area (Å²) in [4.78, 5) is 38.0. The Labute approximate surface area is 122 Å². The average molecular weight is 292 g/mol. The minimum Gasteiger partial charge on any atom is -0.481 e. The lowest BCUT2D eigenvalue weighted by Crippen LogP contribution is -2.40. The first kappa shape index (κ1) is 15.3. The highest BCUT2D eigenvalue weighted by atomic mass is 16.4. The van der Waals surface area contributed by atoms with Crippen molar-refractivity contribution in [2.75, 3.05) is 0 Å². The smallest absolute Gasteiger partial charge is 0.308 e. The quantitative estimate of drug-likeness (QED) is 0.737. The van der Waals surface area contributed by atoms with Crippen molar-refractivity contribution in [3.63, 3.8) is 0 Å². The Bertz CT molecular complexity index is 603. The third kappa shape index (κ3) is 2.84. The van der Waals surface area contributed by atoms with Crippen molar-refractivity contribution >= 4 is 17.7 Å².